The summed E-state index contributed by atoms with van der Waals surface area (Å²) in [5.74, 6) is 8.38. The summed E-state index contributed by atoms with van der Waals surface area (Å²) in [4.78, 5) is 13.1. The van der Waals surface area contributed by atoms with Gasteiger partial charge in [0.15, 0.2) is 0 Å². The van der Waals surface area contributed by atoms with E-state index in [0.29, 0.717) is 11.6 Å². The predicted molar refractivity (Wildman–Crippen MR) is 128 cm³/mol. The monoisotopic (exact) mass is 423 g/mol. The molecule has 0 spiro atoms. The van der Waals surface area contributed by atoms with Crippen LogP contribution in [-0.4, -0.2) is 20.5 Å². The first-order valence-corrected chi connectivity index (χ1v) is 10.3. The number of anilines is 2. The number of rotatable bonds is 4. The van der Waals surface area contributed by atoms with Crippen LogP contribution in [0.3, 0.4) is 0 Å². The van der Waals surface area contributed by atoms with Gasteiger partial charge >= 0.3 is 0 Å². The highest BCUT2D eigenvalue weighted by molar-refractivity contribution is 5.91. The number of fused-ring (bicyclic) bond motifs is 1. The van der Waals surface area contributed by atoms with E-state index in [4.69, 9.17) is 10.5 Å². The maximum absolute atomic E-state index is 5.99. The van der Waals surface area contributed by atoms with Gasteiger partial charge in [-0.05, 0) is 81.8 Å². The molecule has 0 aliphatic carbocycles. The summed E-state index contributed by atoms with van der Waals surface area (Å²) in [6.07, 6.45) is 3.27. The van der Waals surface area contributed by atoms with Gasteiger partial charge in [0.2, 0.25) is 0 Å². The highest BCUT2D eigenvalue weighted by Crippen LogP contribution is 2.29. The number of nitrogens with zero attached hydrogens (tertiary/aromatic N) is 3. The highest BCUT2D eigenvalue weighted by Gasteiger charge is 2.09. The Morgan fingerprint density at radius 1 is 0.969 bits per heavy atom. The van der Waals surface area contributed by atoms with Crippen molar-refractivity contribution in [2.75, 3.05) is 5.32 Å². The molecule has 0 aliphatic heterocycles. The van der Waals surface area contributed by atoms with E-state index in [9.17, 15) is 0 Å². The molecule has 6 heteroatoms. The fourth-order valence-corrected chi connectivity index (χ4v) is 3.09. The number of ether oxygens (including phenoxy) is 1. The fourth-order valence-electron chi connectivity index (χ4n) is 3.09. The predicted octanol–water partition coefficient (Wildman–Crippen LogP) is 5.27. The van der Waals surface area contributed by atoms with E-state index in [1.165, 1.54) is 0 Å². The number of aromatic nitrogens is 3. The Bertz CT molecular complexity index is 1330. The molecule has 2 heterocycles. The van der Waals surface area contributed by atoms with Crippen LogP contribution in [0.2, 0.25) is 0 Å². The number of nitrogens with one attached hydrogen (secondary N) is 1. The number of aryl methyl sites for hydroxylation is 2. The second kappa shape index (κ2) is 8.66. The first-order chi connectivity index (χ1) is 15.3. The molecule has 0 amide bonds. The molecule has 0 atom stereocenters. The van der Waals surface area contributed by atoms with E-state index < -0.39 is 5.54 Å². The van der Waals surface area contributed by atoms with Gasteiger partial charge in [0, 0.05) is 22.3 Å². The van der Waals surface area contributed by atoms with Crippen molar-refractivity contribution in [3.63, 3.8) is 0 Å². The van der Waals surface area contributed by atoms with Gasteiger partial charge in [-0.15, -0.1) is 0 Å². The average molecular weight is 424 g/mol. The molecule has 2 aromatic carbocycles. The minimum atomic E-state index is -0.556. The summed E-state index contributed by atoms with van der Waals surface area (Å²) in [5.41, 5.74) is 9.97. The molecule has 0 unspecified atom stereocenters. The molecular formula is C26H25N5O. The van der Waals surface area contributed by atoms with Gasteiger partial charge in [-0.2, -0.15) is 0 Å². The zero-order valence-corrected chi connectivity index (χ0v) is 18.6. The quantitative estimate of drug-likeness (QED) is 0.435. The SMILES string of the molecule is Cc1ccc(Oc2ccc(Nc3ncnc4ccc(C#CC(C)(C)N)cc34)cc2C)cn1. The summed E-state index contributed by atoms with van der Waals surface area (Å²) < 4.78 is 5.97. The molecule has 4 rings (SSSR count). The van der Waals surface area contributed by atoms with Gasteiger partial charge in [0.25, 0.3) is 0 Å². The van der Waals surface area contributed by atoms with Gasteiger partial charge in [-0.25, -0.2) is 9.97 Å². The molecule has 4 aromatic rings. The third-order valence-corrected chi connectivity index (χ3v) is 4.71. The number of hydrogen-bond donors (Lipinski definition) is 2. The smallest absolute Gasteiger partial charge is 0.145 e. The van der Waals surface area contributed by atoms with Crippen molar-refractivity contribution in [3.05, 3.63) is 77.9 Å². The van der Waals surface area contributed by atoms with Crippen molar-refractivity contribution in [2.24, 2.45) is 5.73 Å². The van der Waals surface area contributed by atoms with E-state index in [-0.39, 0.29) is 0 Å². The number of nitrogens with two attached hydrogens (primary N) is 1. The molecule has 0 aliphatic rings. The van der Waals surface area contributed by atoms with Crippen LogP contribution in [0.1, 0.15) is 30.7 Å². The van der Waals surface area contributed by atoms with E-state index in [2.05, 4.69) is 32.1 Å². The third-order valence-electron chi connectivity index (χ3n) is 4.71. The third kappa shape index (κ3) is 5.20. The minimum absolute atomic E-state index is 0.556. The zero-order valence-electron chi connectivity index (χ0n) is 18.6. The first-order valence-electron chi connectivity index (χ1n) is 10.3. The normalized spacial score (nSPS) is 11.0. The van der Waals surface area contributed by atoms with Crippen molar-refractivity contribution in [1.29, 1.82) is 0 Å². The van der Waals surface area contributed by atoms with Crippen LogP contribution in [0.25, 0.3) is 10.9 Å². The molecular weight excluding hydrogens is 398 g/mol. The Morgan fingerprint density at radius 2 is 1.81 bits per heavy atom. The van der Waals surface area contributed by atoms with Crippen LogP contribution in [0.4, 0.5) is 11.5 Å². The van der Waals surface area contributed by atoms with Crippen molar-refractivity contribution in [3.8, 4) is 23.3 Å². The summed E-state index contributed by atoms with van der Waals surface area (Å²) in [6, 6.07) is 15.6. The number of pyridine rings is 1. The van der Waals surface area contributed by atoms with Crippen LogP contribution in [0, 0.1) is 25.7 Å². The van der Waals surface area contributed by atoms with Crippen LogP contribution in [0.5, 0.6) is 11.5 Å². The molecule has 0 saturated carbocycles. The fraction of sp³-hybridized carbons (Fsp3) is 0.192. The van der Waals surface area contributed by atoms with Gasteiger partial charge in [0.1, 0.15) is 23.6 Å². The molecule has 0 bridgehead atoms. The molecule has 0 fully saturated rings. The minimum Gasteiger partial charge on any atom is -0.455 e. The van der Waals surface area contributed by atoms with Crippen molar-refractivity contribution in [2.45, 2.75) is 33.2 Å². The van der Waals surface area contributed by atoms with Gasteiger partial charge in [-0.1, -0.05) is 11.8 Å². The summed E-state index contributed by atoms with van der Waals surface area (Å²) in [6.45, 7) is 7.70. The number of hydrogen-bond acceptors (Lipinski definition) is 6. The van der Waals surface area contributed by atoms with Crippen molar-refractivity contribution < 1.29 is 4.74 Å². The lowest BCUT2D eigenvalue weighted by Crippen LogP contribution is -2.29. The molecule has 0 saturated heterocycles. The Hall–Kier alpha value is -3.95. The summed E-state index contributed by atoms with van der Waals surface area (Å²) in [7, 11) is 0. The second-order valence-corrected chi connectivity index (χ2v) is 8.27. The van der Waals surface area contributed by atoms with Crippen molar-refractivity contribution in [1.82, 2.24) is 15.0 Å². The Labute approximate surface area is 187 Å². The Kier molecular flexibility index (Phi) is 5.76. The standard InChI is InChI=1S/C26H25N5O/c1-17-13-20(7-10-24(17)32-21-8-5-18(2)28-15-21)31-25-22-14-19(11-12-26(3,4)27)6-9-23(22)29-16-30-25/h5-10,13-16H,27H2,1-4H3,(H,29,30,31). The molecule has 160 valence electrons. The van der Waals surface area contributed by atoms with Crippen LogP contribution in [-0.2, 0) is 0 Å². The topological polar surface area (TPSA) is 86.0 Å². The van der Waals surface area contributed by atoms with E-state index in [1.54, 1.807) is 12.5 Å². The molecule has 2 aromatic heterocycles. The van der Waals surface area contributed by atoms with Gasteiger partial charge < -0.3 is 15.8 Å². The summed E-state index contributed by atoms with van der Waals surface area (Å²) in [5, 5.41) is 4.28. The summed E-state index contributed by atoms with van der Waals surface area (Å²) >= 11 is 0. The Morgan fingerprint density at radius 3 is 2.53 bits per heavy atom. The Balaban J connectivity index is 1.60. The zero-order chi connectivity index (χ0) is 22.7. The van der Waals surface area contributed by atoms with Gasteiger partial charge in [-0.3, -0.25) is 4.98 Å². The largest absolute Gasteiger partial charge is 0.455 e. The molecule has 6 nitrogen and oxygen atoms in total. The molecule has 0 radical (unpaired) electrons. The number of benzene rings is 2. The lowest BCUT2D eigenvalue weighted by Gasteiger charge is -2.12. The highest BCUT2D eigenvalue weighted by atomic mass is 16.5. The maximum Gasteiger partial charge on any atom is 0.145 e. The lowest BCUT2D eigenvalue weighted by atomic mass is 10.1. The van der Waals surface area contributed by atoms with Crippen LogP contribution >= 0.6 is 0 Å². The molecule has 3 N–H and O–H groups in total. The second-order valence-electron chi connectivity index (χ2n) is 8.27. The van der Waals surface area contributed by atoms with Crippen molar-refractivity contribution >= 4 is 22.4 Å². The average Bonchev–Trinajstić information content (AvgIpc) is 2.75. The lowest BCUT2D eigenvalue weighted by molar-refractivity contribution is 0.476. The first kappa shape index (κ1) is 21.3. The van der Waals surface area contributed by atoms with E-state index in [0.717, 1.165) is 39.2 Å². The van der Waals surface area contributed by atoms with Crippen LogP contribution < -0.4 is 15.8 Å². The van der Waals surface area contributed by atoms with E-state index >= 15 is 0 Å². The van der Waals surface area contributed by atoms with Gasteiger partial charge in [0.05, 0.1) is 17.3 Å². The maximum atomic E-state index is 5.99. The van der Waals surface area contributed by atoms with E-state index in [1.807, 2.05) is 76.2 Å². The van der Waals surface area contributed by atoms with Crippen LogP contribution in [0.15, 0.2) is 61.1 Å². The molecule has 32 heavy (non-hydrogen) atoms.